The van der Waals surface area contributed by atoms with E-state index in [0.29, 0.717) is 5.92 Å². The first-order valence-electron chi connectivity index (χ1n) is 6.08. The quantitative estimate of drug-likeness (QED) is 0.750. The van der Waals surface area contributed by atoms with Gasteiger partial charge in [0.1, 0.15) is 12.2 Å². The van der Waals surface area contributed by atoms with Crippen molar-refractivity contribution in [2.45, 2.75) is 32.2 Å². The Balaban J connectivity index is 1.89. The Kier molecular flexibility index (Phi) is 4.30. The lowest BCUT2D eigenvalue weighted by atomic mass is 9.96. The summed E-state index contributed by atoms with van der Waals surface area (Å²) in [6.07, 6.45) is 6.07. The topological polar surface area (TPSA) is 63.0 Å². The van der Waals surface area contributed by atoms with Crippen LogP contribution in [-0.4, -0.2) is 39.6 Å². The molecule has 0 radical (unpaired) electrons. The predicted molar refractivity (Wildman–Crippen MR) is 61.0 cm³/mol. The van der Waals surface area contributed by atoms with Crippen LogP contribution in [-0.2, 0) is 13.0 Å². The van der Waals surface area contributed by atoms with Gasteiger partial charge in [-0.1, -0.05) is 0 Å². The standard InChI is InChI=1S/C11H20N4O/c16-6-2-5-15-9-13-14-11(15)7-10-3-1-4-12-8-10/h9-10,12,16H,1-8H2. The number of nitrogens with zero attached hydrogens (tertiary/aromatic N) is 3. The fourth-order valence-corrected chi connectivity index (χ4v) is 2.22. The zero-order valence-corrected chi connectivity index (χ0v) is 9.60. The van der Waals surface area contributed by atoms with Crippen LogP contribution >= 0.6 is 0 Å². The van der Waals surface area contributed by atoms with Gasteiger partial charge in [-0.25, -0.2) is 0 Å². The van der Waals surface area contributed by atoms with Gasteiger partial charge in [-0.15, -0.1) is 10.2 Å². The molecule has 1 atom stereocenters. The van der Waals surface area contributed by atoms with Crippen LogP contribution in [0.4, 0.5) is 0 Å². The number of aromatic nitrogens is 3. The van der Waals surface area contributed by atoms with E-state index in [1.165, 1.54) is 12.8 Å². The van der Waals surface area contributed by atoms with Crippen LogP contribution in [0.25, 0.3) is 0 Å². The van der Waals surface area contributed by atoms with E-state index in [4.69, 9.17) is 5.11 Å². The van der Waals surface area contributed by atoms with Crippen LogP contribution < -0.4 is 5.32 Å². The Labute approximate surface area is 95.9 Å². The summed E-state index contributed by atoms with van der Waals surface area (Å²) in [5.41, 5.74) is 0. The number of aliphatic hydroxyl groups excluding tert-OH is 1. The molecular weight excluding hydrogens is 204 g/mol. The number of aryl methyl sites for hydroxylation is 1. The van der Waals surface area contributed by atoms with Crippen molar-refractivity contribution in [1.29, 1.82) is 0 Å². The Morgan fingerprint density at radius 1 is 1.56 bits per heavy atom. The highest BCUT2D eigenvalue weighted by molar-refractivity contribution is 4.89. The normalized spacial score (nSPS) is 21.2. The van der Waals surface area contributed by atoms with Gasteiger partial charge in [-0.3, -0.25) is 0 Å². The number of hydrogen-bond acceptors (Lipinski definition) is 4. The zero-order chi connectivity index (χ0) is 11.2. The van der Waals surface area contributed by atoms with Gasteiger partial charge < -0.3 is 15.0 Å². The third kappa shape index (κ3) is 3.02. The number of aliphatic hydroxyl groups is 1. The molecule has 1 saturated heterocycles. The summed E-state index contributed by atoms with van der Waals surface area (Å²) >= 11 is 0. The summed E-state index contributed by atoms with van der Waals surface area (Å²) < 4.78 is 2.06. The molecule has 5 heteroatoms. The van der Waals surface area contributed by atoms with Crippen LogP contribution in [0.3, 0.4) is 0 Å². The molecule has 0 spiro atoms. The molecule has 1 fully saturated rings. The van der Waals surface area contributed by atoms with Crippen molar-refractivity contribution < 1.29 is 5.11 Å². The van der Waals surface area contributed by atoms with Crippen LogP contribution in [0.1, 0.15) is 25.1 Å². The summed E-state index contributed by atoms with van der Waals surface area (Å²) in [7, 11) is 0. The molecule has 16 heavy (non-hydrogen) atoms. The van der Waals surface area contributed by atoms with Crippen molar-refractivity contribution in [1.82, 2.24) is 20.1 Å². The fraction of sp³-hybridized carbons (Fsp3) is 0.818. The second-order valence-electron chi connectivity index (χ2n) is 4.43. The van der Waals surface area contributed by atoms with Gasteiger partial charge in [0.05, 0.1) is 0 Å². The average molecular weight is 224 g/mol. The van der Waals surface area contributed by atoms with Crippen molar-refractivity contribution in [2.24, 2.45) is 5.92 Å². The third-order valence-corrected chi connectivity index (χ3v) is 3.12. The lowest BCUT2D eigenvalue weighted by Gasteiger charge is -2.22. The summed E-state index contributed by atoms with van der Waals surface area (Å²) in [6.45, 7) is 3.28. The summed E-state index contributed by atoms with van der Waals surface area (Å²) in [4.78, 5) is 0. The largest absolute Gasteiger partial charge is 0.396 e. The summed E-state index contributed by atoms with van der Waals surface area (Å²) in [6, 6.07) is 0. The number of piperidine rings is 1. The van der Waals surface area contributed by atoms with E-state index < -0.39 is 0 Å². The minimum atomic E-state index is 0.225. The molecule has 0 amide bonds. The predicted octanol–water partition coefficient (Wildman–Crippen LogP) is 0.203. The first kappa shape index (κ1) is 11.5. The van der Waals surface area contributed by atoms with E-state index >= 15 is 0 Å². The molecule has 1 aliphatic rings. The Bertz CT molecular complexity index is 307. The SMILES string of the molecule is OCCCn1cnnc1CC1CCCNC1. The van der Waals surface area contributed by atoms with Gasteiger partial charge >= 0.3 is 0 Å². The van der Waals surface area contributed by atoms with E-state index in [0.717, 1.165) is 38.3 Å². The zero-order valence-electron chi connectivity index (χ0n) is 9.60. The molecule has 0 aliphatic carbocycles. The second-order valence-corrected chi connectivity index (χ2v) is 4.43. The monoisotopic (exact) mass is 224 g/mol. The van der Waals surface area contributed by atoms with Gasteiger partial charge in [0.2, 0.25) is 0 Å². The highest BCUT2D eigenvalue weighted by atomic mass is 16.3. The number of nitrogens with one attached hydrogen (secondary N) is 1. The molecule has 0 saturated carbocycles. The molecule has 1 aromatic heterocycles. The molecule has 2 N–H and O–H groups in total. The lowest BCUT2D eigenvalue weighted by Crippen LogP contribution is -2.31. The van der Waals surface area contributed by atoms with Crippen LogP contribution in [0.15, 0.2) is 6.33 Å². The van der Waals surface area contributed by atoms with Crippen molar-refractivity contribution in [2.75, 3.05) is 19.7 Å². The van der Waals surface area contributed by atoms with Crippen molar-refractivity contribution in [3.05, 3.63) is 12.2 Å². The smallest absolute Gasteiger partial charge is 0.133 e. The van der Waals surface area contributed by atoms with E-state index in [2.05, 4.69) is 20.1 Å². The third-order valence-electron chi connectivity index (χ3n) is 3.12. The maximum atomic E-state index is 8.81. The second kappa shape index (κ2) is 5.96. The highest BCUT2D eigenvalue weighted by Crippen LogP contribution is 2.15. The summed E-state index contributed by atoms with van der Waals surface area (Å²) in [5, 5.41) is 20.3. The molecule has 0 bridgehead atoms. The van der Waals surface area contributed by atoms with E-state index in [-0.39, 0.29) is 6.61 Å². The first-order valence-corrected chi connectivity index (χ1v) is 6.08. The highest BCUT2D eigenvalue weighted by Gasteiger charge is 2.16. The van der Waals surface area contributed by atoms with Gasteiger partial charge in [-0.05, 0) is 38.3 Å². The minimum Gasteiger partial charge on any atom is -0.396 e. The molecule has 2 rings (SSSR count). The van der Waals surface area contributed by atoms with E-state index in [9.17, 15) is 0 Å². The van der Waals surface area contributed by atoms with Crippen LogP contribution in [0.2, 0.25) is 0 Å². The Morgan fingerprint density at radius 3 is 3.25 bits per heavy atom. The first-order chi connectivity index (χ1) is 7.90. The van der Waals surface area contributed by atoms with Gasteiger partial charge in [0.25, 0.3) is 0 Å². The molecule has 1 aromatic rings. The van der Waals surface area contributed by atoms with Gasteiger partial charge in [-0.2, -0.15) is 0 Å². The molecule has 5 nitrogen and oxygen atoms in total. The molecule has 1 unspecified atom stereocenters. The lowest BCUT2D eigenvalue weighted by molar-refractivity contribution is 0.278. The van der Waals surface area contributed by atoms with Crippen molar-refractivity contribution in [3.63, 3.8) is 0 Å². The fourth-order valence-electron chi connectivity index (χ4n) is 2.22. The Hall–Kier alpha value is -0.940. The maximum absolute atomic E-state index is 8.81. The average Bonchev–Trinajstić information content (AvgIpc) is 2.75. The molecule has 2 heterocycles. The van der Waals surface area contributed by atoms with Gasteiger partial charge in [0, 0.05) is 19.6 Å². The Morgan fingerprint density at radius 2 is 2.50 bits per heavy atom. The molecule has 90 valence electrons. The van der Waals surface area contributed by atoms with Gasteiger partial charge in [0.15, 0.2) is 0 Å². The maximum Gasteiger partial charge on any atom is 0.133 e. The molecule has 1 aliphatic heterocycles. The van der Waals surface area contributed by atoms with Crippen LogP contribution in [0.5, 0.6) is 0 Å². The van der Waals surface area contributed by atoms with E-state index in [1.807, 2.05) is 0 Å². The minimum absolute atomic E-state index is 0.225. The van der Waals surface area contributed by atoms with Crippen molar-refractivity contribution in [3.8, 4) is 0 Å². The molecular formula is C11H20N4O. The number of hydrogen-bond donors (Lipinski definition) is 2. The summed E-state index contributed by atoms with van der Waals surface area (Å²) in [5.74, 6) is 1.74. The molecule has 0 aromatic carbocycles. The van der Waals surface area contributed by atoms with E-state index in [1.54, 1.807) is 6.33 Å². The van der Waals surface area contributed by atoms with Crippen molar-refractivity contribution >= 4 is 0 Å². The van der Waals surface area contributed by atoms with Crippen LogP contribution in [0, 0.1) is 5.92 Å². The number of rotatable bonds is 5.